The Morgan fingerprint density at radius 1 is 1.44 bits per heavy atom. The number of hydrogen-bond donors (Lipinski definition) is 3. The number of nitrogens with one attached hydrogen (secondary N) is 1. The average Bonchev–Trinajstić information content (AvgIpc) is 2.25. The van der Waals surface area contributed by atoms with Crippen LogP contribution in [0.25, 0.3) is 0 Å². The monoisotopic (exact) mass is 240 g/mol. The van der Waals surface area contributed by atoms with Crippen molar-refractivity contribution in [1.82, 2.24) is 10.4 Å². The summed E-state index contributed by atoms with van der Waals surface area (Å²) in [6.07, 6.45) is 3.46. The topological polar surface area (TPSA) is 77.0 Å². The minimum Gasteiger partial charge on any atom is -0.398 e. The molecule has 1 aromatic rings. The van der Waals surface area contributed by atoms with Crippen molar-refractivity contribution in [3.05, 3.63) is 24.0 Å². The third kappa shape index (κ3) is 4.00. The number of aromatic nitrogens is 1. The first-order valence-electron chi connectivity index (χ1n) is 5.38. The van der Waals surface area contributed by atoms with Gasteiger partial charge in [0.2, 0.25) is 0 Å². The Hall–Kier alpha value is -0.780. The minimum absolute atomic E-state index is 0.0671. The van der Waals surface area contributed by atoms with Crippen LogP contribution in [0.3, 0.4) is 0 Å². The molecule has 1 heterocycles. The summed E-state index contributed by atoms with van der Waals surface area (Å²) in [5.74, 6) is 8.26. The molecule has 90 valence electrons. The second kappa shape index (κ2) is 6.73. The molecule has 0 spiro atoms. The molecule has 0 bridgehead atoms. The van der Waals surface area contributed by atoms with Crippen molar-refractivity contribution in [3.63, 3.8) is 0 Å². The first kappa shape index (κ1) is 13.3. The molecular weight excluding hydrogens is 220 g/mol. The van der Waals surface area contributed by atoms with E-state index in [2.05, 4.69) is 24.3 Å². The fraction of sp³-hybridized carbons (Fsp3) is 0.545. The number of hydrazine groups is 1. The second-order valence-corrected chi connectivity index (χ2v) is 5.23. The van der Waals surface area contributed by atoms with Crippen molar-refractivity contribution in [1.29, 1.82) is 0 Å². The van der Waals surface area contributed by atoms with Crippen LogP contribution in [0.2, 0.25) is 0 Å². The van der Waals surface area contributed by atoms with Gasteiger partial charge in [-0.2, -0.15) is 11.8 Å². The predicted molar refractivity (Wildman–Crippen MR) is 70.9 cm³/mol. The molecule has 5 N–H and O–H groups in total. The van der Waals surface area contributed by atoms with E-state index in [9.17, 15) is 0 Å². The van der Waals surface area contributed by atoms with E-state index in [1.165, 1.54) is 0 Å². The zero-order valence-corrected chi connectivity index (χ0v) is 10.6. The molecule has 16 heavy (non-hydrogen) atoms. The lowest BCUT2D eigenvalue weighted by atomic mass is 10.1. The van der Waals surface area contributed by atoms with Crippen molar-refractivity contribution < 1.29 is 0 Å². The molecule has 1 unspecified atom stereocenters. The maximum Gasteiger partial charge on any atom is 0.0586 e. The summed E-state index contributed by atoms with van der Waals surface area (Å²) >= 11 is 1.87. The molecule has 0 aromatic carbocycles. The van der Waals surface area contributed by atoms with Crippen molar-refractivity contribution in [2.45, 2.75) is 19.9 Å². The molecule has 1 aromatic heterocycles. The number of nitrogen functional groups attached to an aromatic ring is 1. The van der Waals surface area contributed by atoms with E-state index < -0.39 is 0 Å². The summed E-state index contributed by atoms with van der Waals surface area (Å²) in [5, 5.41) is 0. The quantitative estimate of drug-likeness (QED) is 0.519. The van der Waals surface area contributed by atoms with Gasteiger partial charge >= 0.3 is 0 Å². The highest BCUT2D eigenvalue weighted by Crippen LogP contribution is 2.22. The van der Waals surface area contributed by atoms with Gasteiger partial charge in [-0.05, 0) is 17.7 Å². The highest BCUT2D eigenvalue weighted by atomic mass is 32.2. The van der Waals surface area contributed by atoms with Gasteiger partial charge in [0, 0.05) is 29.4 Å². The van der Waals surface area contributed by atoms with Crippen LogP contribution in [0.4, 0.5) is 5.69 Å². The molecule has 0 amide bonds. The van der Waals surface area contributed by atoms with Crippen LogP contribution in [0.1, 0.15) is 25.5 Å². The number of hydrogen-bond acceptors (Lipinski definition) is 5. The largest absolute Gasteiger partial charge is 0.398 e. The molecule has 5 heteroatoms. The molecule has 1 rings (SSSR count). The number of rotatable bonds is 6. The molecule has 0 fully saturated rings. The fourth-order valence-electron chi connectivity index (χ4n) is 1.36. The van der Waals surface area contributed by atoms with Gasteiger partial charge in [0.05, 0.1) is 6.04 Å². The van der Waals surface area contributed by atoms with Gasteiger partial charge in [0.1, 0.15) is 0 Å². The average molecular weight is 240 g/mol. The molecule has 0 radical (unpaired) electrons. The van der Waals surface area contributed by atoms with Crippen LogP contribution in [0.5, 0.6) is 0 Å². The summed E-state index contributed by atoms with van der Waals surface area (Å²) in [7, 11) is 0. The first-order chi connectivity index (χ1) is 7.65. The minimum atomic E-state index is 0.0671. The van der Waals surface area contributed by atoms with E-state index in [0.29, 0.717) is 5.92 Å². The number of pyridine rings is 1. The van der Waals surface area contributed by atoms with Crippen LogP contribution >= 0.6 is 11.8 Å². The molecule has 0 saturated heterocycles. The molecule has 0 aliphatic carbocycles. The van der Waals surface area contributed by atoms with E-state index >= 15 is 0 Å². The maximum atomic E-state index is 5.88. The smallest absolute Gasteiger partial charge is 0.0586 e. The number of anilines is 1. The van der Waals surface area contributed by atoms with Gasteiger partial charge in [-0.1, -0.05) is 13.8 Å². The second-order valence-electron chi connectivity index (χ2n) is 4.16. The van der Waals surface area contributed by atoms with Crippen molar-refractivity contribution in [2.75, 3.05) is 17.2 Å². The van der Waals surface area contributed by atoms with Gasteiger partial charge in [0.15, 0.2) is 0 Å². The third-order valence-corrected chi connectivity index (χ3v) is 3.67. The molecule has 4 nitrogen and oxygen atoms in total. The lowest BCUT2D eigenvalue weighted by Crippen LogP contribution is -2.30. The molecule has 0 aliphatic heterocycles. The Morgan fingerprint density at radius 3 is 2.75 bits per heavy atom. The highest BCUT2D eigenvalue weighted by molar-refractivity contribution is 7.99. The van der Waals surface area contributed by atoms with Crippen molar-refractivity contribution in [2.24, 2.45) is 11.8 Å². The number of nitrogens with two attached hydrogens (primary N) is 2. The van der Waals surface area contributed by atoms with E-state index in [1.54, 1.807) is 18.5 Å². The van der Waals surface area contributed by atoms with Gasteiger partial charge in [0.25, 0.3) is 0 Å². The van der Waals surface area contributed by atoms with E-state index in [4.69, 9.17) is 11.6 Å². The number of nitrogens with zero attached hydrogens (tertiary/aromatic N) is 1. The first-order valence-corrected chi connectivity index (χ1v) is 6.54. The van der Waals surface area contributed by atoms with Crippen molar-refractivity contribution in [3.8, 4) is 0 Å². The SMILES string of the molecule is CC(C)CSCC(NN)c1cnccc1N. The fourth-order valence-corrected chi connectivity index (χ4v) is 2.48. The zero-order valence-electron chi connectivity index (χ0n) is 9.81. The predicted octanol–water partition coefficient (Wildman–Crippen LogP) is 1.56. The van der Waals surface area contributed by atoms with Crippen molar-refractivity contribution >= 4 is 17.4 Å². The Morgan fingerprint density at radius 2 is 2.19 bits per heavy atom. The molecule has 0 saturated carbocycles. The van der Waals surface area contributed by atoms with Crippen LogP contribution in [0, 0.1) is 5.92 Å². The van der Waals surface area contributed by atoms with Gasteiger partial charge in [-0.25, -0.2) is 0 Å². The molecular formula is C11H20N4S. The molecule has 0 aliphatic rings. The third-order valence-electron chi connectivity index (χ3n) is 2.20. The Balaban J connectivity index is 2.57. The standard InChI is InChI=1S/C11H20N4S/c1-8(2)6-16-7-11(15-13)9-5-14-4-3-10(9)12/h3-5,8,11,15H,6-7,13H2,1-2H3,(H2,12,14). The summed E-state index contributed by atoms with van der Waals surface area (Å²) in [6.45, 7) is 4.41. The summed E-state index contributed by atoms with van der Waals surface area (Å²) < 4.78 is 0. The Bertz CT molecular complexity index is 317. The summed E-state index contributed by atoms with van der Waals surface area (Å²) in [4.78, 5) is 4.07. The van der Waals surface area contributed by atoms with Crippen LogP contribution in [-0.4, -0.2) is 16.5 Å². The van der Waals surface area contributed by atoms with Crippen LogP contribution in [0.15, 0.2) is 18.5 Å². The van der Waals surface area contributed by atoms with Crippen LogP contribution in [-0.2, 0) is 0 Å². The van der Waals surface area contributed by atoms with E-state index in [-0.39, 0.29) is 6.04 Å². The summed E-state index contributed by atoms with van der Waals surface area (Å²) in [5.41, 5.74) is 10.4. The zero-order chi connectivity index (χ0) is 12.0. The maximum absolute atomic E-state index is 5.88. The Labute approximate surface area is 101 Å². The van der Waals surface area contributed by atoms with E-state index in [1.807, 2.05) is 11.8 Å². The number of thioether (sulfide) groups is 1. The molecule has 1 atom stereocenters. The van der Waals surface area contributed by atoms with Crippen LogP contribution < -0.4 is 17.0 Å². The summed E-state index contributed by atoms with van der Waals surface area (Å²) in [6, 6.07) is 1.87. The Kier molecular flexibility index (Phi) is 5.59. The lowest BCUT2D eigenvalue weighted by molar-refractivity contribution is 0.609. The van der Waals surface area contributed by atoms with Gasteiger partial charge in [-0.15, -0.1) is 0 Å². The lowest BCUT2D eigenvalue weighted by Gasteiger charge is -2.17. The van der Waals surface area contributed by atoms with Gasteiger partial charge in [-0.3, -0.25) is 16.3 Å². The normalized spacial score (nSPS) is 13.0. The van der Waals surface area contributed by atoms with E-state index in [0.717, 1.165) is 22.8 Å². The van der Waals surface area contributed by atoms with Gasteiger partial charge < -0.3 is 5.73 Å². The highest BCUT2D eigenvalue weighted by Gasteiger charge is 2.12.